The number of aliphatic hydroxyl groups is 1. The van der Waals surface area contributed by atoms with E-state index in [1.807, 2.05) is 18.2 Å². The number of fused-ring (bicyclic) bond motifs is 1. The monoisotopic (exact) mass is 278 g/mol. The maximum Gasteiger partial charge on any atom is 0.0970 e. The maximum absolute atomic E-state index is 11.6. The van der Waals surface area contributed by atoms with Gasteiger partial charge in [-0.1, -0.05) is 73.5 Å². The van der Waals surface area contributed by atoms with Crippen LogP contribution in [0.1, 0.15) is 42.7 Å². The number of benzene rings is 2. The van der Waals surface area contributed by atoms with Crippen molar-refractivity contribution >= 4 is 0 Å². The summed E-state index contributed by atoms with van der Waals surface area (Å²) in [4.78, 5) is 0. The lowest BCUT2D eigenvalue weighted by molar-refractivity contribution is 0.0155. The van der Waals surface area contributed by atoms with Crippen molar-refractivity contribution in [2.75, 3.05) is 0 Å². The van der Waals surface area contributed by atoms with Crippen LogP contribution in [0.5, 0.6) is 0 Å². The Bertz CT molecular complexity index is 606. The zero-order valence-corrected chi connectivity index (χ0v) is 12.3. The quantitative estimate of drug-likeness (QED) is 0.859. The Morgan fingerprint density at radius 1 is 0.857 bits per heavy atom. The summed E-state index contributed by atoms with van der Waals surface area (Å²) in [5, 5.41) is 11.6. The van der Waals surface area contributed by atoms with Gasteiger partial charge < -0.3 is 5.11 Å². The van der Waals surface area contributed by atoms with Gasteiger partial charge in [-0.2, -0.15) is 0 Å². The minimum atomic E-state index is -0.696. The predicted molar refractivity (Wildman–Crippen MR) is 85.0 cm³/mol. The summed E-state index contributed by atoms with van der Waals surface area (Å²) in [5.41, 5.74) is 1.70. The van der Waals surface area contributed by atoms with Crippen molar-refractivity contribution in [1.29, 1.82) is 0 Å². The molecule has 0 bridgehead atoms. The second-order valence-electron chi connectivity index (χ2n) is 6.74. The lowest BCUT2D eigenvalue weighted by Crippen LogP contribution is -2.31. The third kappa shape index (κ3) is 2.03. The highest BCUT2D eigenvalue weighted by molar-refractivity contribution is 5.35. The summed E-state index contributed by atoms with van der Waals surface area (Å²) in [6.07, 6.45) is 4.79. The molecule has 0 heterocycles. The van der Waals surface area contributed by atoms with E-state index in [-0.39, 0.29) is 5.92 Å². The van der Waals surface area contributed by atoms with Gasteiger partial charge in [0.2, 0.25) is 0 Å². The summed E-state index contributed by atoms with van der Waals surface area (Å²) in [6, 6.07) is 21.0. The molecular weight excluding hydrogens is 256 g/mol. The Morgan fingerprint density at radius 2 is 1.52 bits per heavy atom. The first-order valence-electron chi connectivity index (χ1n) is 8.12. The summed E-state index contributed by atoms with van der Waals surface area (Å²) < 4.78 is 0. The van der Waals surface area contributed by atoms with E-state index in [1.165, 1.54) is 24.8 Å². The first kappa shape index (κ1) is 13.1. The van der Waals surface area contributed by atoms with Crippen molar-refractivity contribution in [1.82, 2.24) is 0 Å². The van der Waals surface area contributed by atoms with Crippen LogP contribution in [-0.2, 0) is 5.60 Å². The summed E-state index contributed by atoms with van der Waals surface area (Å²) >= 11 is 0. The van der Waals surface area contributed by atoms with E-state index in [1.54, 1.807) is 0 Å². The fourth-order valence-electron chi connectivity index (χ4n) is 4.85. The van der Waals surface area contributed by atoms with E-state index >= 15 is 0 Å². The predicted octanol–water partition coefficient (Wildman–Crippen LogP) is 4.48. The molecule has 0 aromatic heterocycles. The lowest BCUT2D eigenvalue weighted by Gasteiger charge is -2.33. The number of rotatable bonds is 2. The van der Waals surface area contributed by atoms with Crippen LogP contribution in [0.15, 0.2) is 60.7 Å². The van der Waals surface area contributed by atoms with Crippen molar-refractivity contribution in [3.63, 3.8) is 0 Å². The topological polar surface area (TPSA) is 20.2 Å². The van der Waals surface area contributed by atoms with Crippen LogP contribution in [0.3, 0.4) is 0 Å². The summed E-state index contributed by atoms with van der Waals surface area (Å²) in [7, 11) is 0. The summed E-state index contributed by atoms with van der Waals surface area (Å²) in [6.45, 7) is 0. The maximum atomic E-state index is 11.6. The first-order valence-corrected chi connectivity index (χ1v) is 8.12. The number of hydrogen-bond donors (Lipinski definition) is 1. The van der Waals surface area contributed by atoms with E-state index in [4.69, 9.17) is 0 Å². The molecule has 0 spiro atoms. The molecular formula is C20H22O. The Hall–Kier alpha value is -1.60. The molecule has 4 rings (SSSR count). The van der Waals surface area contributed by atoms with Gasteiger partial charge in [-0.25, -0.2) is 0 Å². The average molecular weight is 278 g/mol. The molecule has 0 aliphatic heterocycles. The van der Waals surface area contributed by atoms with Crippen LogP contribution in [0.2, 0.25) is 0 Å². The third-order valence-electron chi connectivity index (χ3n) is 5.67. The van der Waals surface area contributed by atoms with Crippen molar-refractivity contribution in [2.45, 2.75) is 37.2 Å². The van der Waals surface area contributed by atoms with Gasteiger partial charge in [-0.3, -0.25) is 0 Å². The van der Waals surface area contributed by atoms with Crippen molar-refractivity contribution in [3.8, 4) is 0 Å². The molecule has 0 amide bonds. The Labute approximate surface area is 126 Å². The van der Waals surface area contributed by atoms with Crippen molar-refractivity contribution < 1.29 is 5.11 Å². The lowest BCUT2D eigenvalue weighted by atomic mass is 9.76. The second kappa shape index (κ2) is 4.99. The van der Waals surface area contributed by atoms with Crippen LogP contribution < -0.4 is 0 Å². The highest BCUT2D eigenvalue weighted by Crippen LogP contribution is 2.60. The van der Waals surface area contributed by atoms with E-state index in [2.05, 4.69) is 42.5 Å². The van der Waals surface area contributed by atoms with Crippen LogP contribution in [0.4, 0.5) is 0 Å². The largest absolute Gasteiger partial charge is 0.385 e. The molecule has 108 valence electrons. The van der Waals surface area contributed by atoms with Crippen molar-refractivity contribution in [3.05, 3.63) is 71.8 Å². The van der Waals surface area contributed by atoms with Gasteiger partial charge in [0.15, 0.2) is 0 Å². The van der Waals surface area contributed by atoms with Crippen molar-refractivity contribution in [2.24, 2.45) is 11.8 Å². The first-order chi connectivity index (χ1) is 10.3. The molecule has 2 aliphatic carbocycles. The molecule has 0 saturated heterocycles. The fraction of sp³-hybridized carbons (Fsp3) is 0.400. The van der Waals surface area contributed by atoms with E-state index < -0.39 is 5.60 Å². The average Bonchev–Trinajstić information content (AvgIpc) is 3.07. The van der Waals surface area contributed by atoms with Gasteiger partial charge >= 0.3 is 0 Å². The van der Waals surface area contributed by atoms with Gasteiger partial charge in [0.1, 0.15) is 0 Å². The zero-order chi connectivity index (χ0) is 14.3. The van der Waals surface area contributed by atoms with E-state index in [0.29, 0.717) is 11.8 Å². The summed E-state index contributed by atoms with van der Waals surface area (Å²) in [5.74, 6) is 1.56. The smallest absolute Gasteiger partial charge is 0.0970 e. The van der Waals surface area contributed by atoms with Gasteiger partial charge in [0.05, 0.1) is 5.60 Å². The highest BCUT2D eigenvalue weighted by atomic mass is 16.3. The van der Waals surface area contributed by atoms with Gasteiger partial charge in [-0.15, -0.1) is 0 Å². The van der Waals surface area contributed by atoms with Crippen LogP contribution in [0, 0.1) is 11.8 Å². The van der Waals surface area contributed by atoms with Gasteiger partial charge in [0.25, 0.3) is 0 Å². The number of hydrogen-bond acceptors (Lipinski definition) is 1. The highest BCUT2D eigenvalue weighted by Gasteiger charge is 2.54. The van der Waals surface area contributed by atoms with Crippen LogP contribution in [-0.4, -0.2) is 5.11 Å². The molecule has 0 radical (unpaired) electrons. The molecule has 1 N–H and O–H groups in total. The molecule has 2 aromatic rings. The SMILES string of the molecule is O[C@]1(c2ccccc2)C[C@H]2CCC[C@H]2[C@@H]1c1ccccc1. The van der Waals surface area contributed by atoms with Crippen LogP contribution in [0.25, 0.3) is 0 Å². The standard InChI is InChI=1S/C20H22O/c21-20(17-11-5-2-6-12-17)14-16-10-7-13-18(16)19(20)15-8-3-1-4-9-15/h1-6,8-9,11-12,16,18-19,21H,7,10,13-14H2/t16-,18-,19+,20+/m1/s1. The Balaban J connectivity index is 1.82. The normalized spacial score (nSPS) is 34.8. The molecule has 4 atom stereocenters. The molecule has 0 unspecified atom stereocenters. The molecule has 1 nitrogen and oxygen atoms in total. The second-order valence-corrected chi connectivity index (χ2v) is 6.74. The minimum absolute atomic E-state index is 0.244. The molecule has 2 fully saturated rings. The fourth-order valence-corrected chi connectivity index (χ4v) is 4.85. The van der Waals surface area contributed by atoms with Crippen LogP contribution >= 0.6 is 0 Å². The van der Waals surface area contributed by atoms with E-state index in [0.717, 1.165) is 12.0 Å². The van der Waals surface area contributed by atoms with Gasteiger partial charge in [0, 0.05) is 5.92 Å². The molecule has 2 aromatic carbocycles. The molecule has 2 aliphatic rings. The zero-order valence-electron chi connectivity index (χ0n) is 12.3. The Morgan fingerprint density at radius 3 is 2.24 bits per heavy atom. The molecule has 2 saturated carbocycles. The molecule has 1 heteroatoms. The molecule has 21 heavy (non-hydrogen) atoms. The minimum Gasteiger partial charge on any atom is -0.385 e. The van der Waals surface area contributed by atoms with E-state index in [9.17, 15) is 5.11 Å². The third-order valence-corrected chi connectivity index (χ3v) is 5.67. The van der Waals surface area contributed by atoms with Gasteiger partial charge in [-0.05, 0) is 35.8 Å². The Kier molecular flexibility index (Phi) is 3.11.